The zero-order chi connectivity index (χ0) is 17.8. The topological polar surface area (TPSA) is 84.9 Å². The maximum atomic E-state index is 12.0. The summed E-state index contributed by atoms with van der Waals surface area (Å²) in [5, 5.41) is 11.8. The molecular weight excluding hydrogens is 298 g/mol. The van der Waals surface area contributed by atoms with Crippen molar-refractivity contribution >= 4 is 17.7 Å². The van der Waals surface area contributed by atoms with E-state index in [1.54, 1.807) is 39.0 Å². The number of carboxylic acids is 1. The molecule has 1 rings (SSSR count). The van der Waals surface area contributed by atoms with Crippen LogP contribution in [-0.2, 0) is 14.9 Å². The van der Waals surface area contributed by atoms with Crippen molar-refractivity contribution in [2.45, 2.75) is 52.1 Å². The summed E-state index contributed by atoms with van der Waals surface area (Å²) in [6.45, 7) is 8.93. The molecule has 1 amide bonds. The summed E-state index contributed by atoms with van der Waals surface area (Å²) in [7, 11) is 1.52. The minimum Gasteiger partial charge on any atom is -0.497 e. The first-order valence-electron chi connectivity index (χ1n) is 7.35. The average molecular weight is 323 g/mol. The van der Waals surface area contributed by atoms with E-state index < -0.39 is 23.1 Å². The first-order chi connectivity index (χ1) is 10.4. The first kappa shape index (κ1) is 18.8. The van der Waals surface area contributed by atoms with Crippen LogP contribution in [0.3, 0.4) is 0 Å². The van der Waals surface area contributed by atoms with E-state index in [1.807, 2.05) is 13.8 Å². The van der Waals surface area contributed by atoms with Gasteiger partial charge in [-0.3, -0.25) is 10.1 Å². The second-order valence-electron chi connectivity index (χ2n) is 6.99. The fraction of sp³-hybridized carbons (Fsp3) is 0.529. The van der Waals surface area contributed by atoms with Crippen molar-refractivity contribution in [3.63, 3.8) is 0 Å². The highest BCUT2D eigenvalue weighted by Crippen LogP contribution is 2.35. The lowest BCUT2D eigenvalue weighted by Crippen LogP contribution is -2.29. The molecule has 6 heteroatoms. The maximum Gasteiger partial charge on any atom is 0.412 e. The van der Waals surface area contributed by atoms with E-state index in [0.717, 1.165) is 0 Å². The van der Waals surface area contributed by atoms with Crippen LogP contribution < -0.4 is 10.1 Å². The van der Waals surface area contributed by atoms with Crippen LogP contribution in [-0.4, -0.2) is 29.9 Å². The number of ether oxygens (including phenoxy) is 2. The molecule has 0 spiro atoms. The number of benzene rings is 1. The third-order valence-electron chi connectivity index (χ3n) is 3.18. The van der Waals surface area contributed by atoms with E-state index in [9.17, 15) is 9.59 Å². The van der Waals surface area contributed by atoms with Gasteiger partial charge in [0.15, 0.2) is 0 Å². The average Bonchev–Trinajstić information content (AvgIpc) is 2.34. The highest BCUT2D eigenvalue weighted by molar-refractivity contribution is 5.87. The van der Waals surface area contributed by atoms with Crippen molar-refractivity contribution in [3.8, 4) is 5.75 Å². The highest BCUT2D eigenvalue weighted by atomic mass is 16.6. The number of hydrogen-bond donors (Lipinski definition) is 2. The molecule has 0 fully saturated rings. The second-order valence-corrected chi connectivity index (χ2v) is 6.99. The molecule has 0 atom stereocenters. The Morgan fingerprint density at radius 2 is 1.78 bits per heavy atom. The van der Waals surface area contributed by atoms with Crippen molar-refractivity contribution in [3.05, 3.63) is 23.8 Å². The summed E-state index contributed by atoms with van der Waals surface area (Å²) >= 11 is 0. The van der Waals surface area contributed by atoms with Gasteiger partial charge in [0.2, 0.25) is 0 Å². The van der Waals surface area contributed by atoms with Crippen molar-refractivity contribution in [1.29, 1.82) is 0 Å². The molecule has 23 heavy (non-hydrogen) atoms. The van der Waals surface area contributed by atoms with Crippen LogP contribution >= 0.6 is 0 Å². The maximum absolute atomic E-state index is 12.0. The number of aliphatic carboxylic acids is 1. The van der Waals surface area contributed by atoms with Crippen molar-refractivity contribution < 1.29 is 24.2 Å². The first-order valence-corrected chi connectivity index (χ1v) is 7.35. The van der Waals surface area contributed by atoms with E-state index in [-0.39, 0.29) is 6.42 Å². The van der Waals surface area contributed by atoms with E-state index in [4.69, 9.17) is 14.6 Å². The standard InChI is InChI=1S/C17H25NO5/c1-16(2,3)23-15(21)18-13-9-11(22-6)7-8-12(13)17(4,5)10-14(19)20/h7-9H,10H2,1-6H3,(H,18,21)(H,19,20). The number of anilines is 1. The van der Waals surface area contributed by atoms with Crippen molar-refractivity contribution in [2.24, 2.45) is 0 Å². The number of hydrogen-bond acceptors (Lipinski definition) is 4. The molecule has 0 radical (unpaired) electrons. The predicted molar refractivity (Wildman–Crippen MR) is 88.1 cm³/mol. The number of amides is 1. The van der Waals surface area contributed by atoms with Gasteiger partial charge in [0.05, 0.1) is 19.2 Å². The Balaban J connectivity index is 3.17. The van der Waals surface area contributed by atoms with Crippen molar-refractivity contribution in [1.82, 2.24) is 0 Å². The molecule has 0 saturated carbocycles. The van der Waals surface area contributed by atoms with Gasteiger partial charge in [-0.25, -0.2) is 4.79 Å². The largest absolute Gasteiger partial charge is 0.497 e. The molecule has 128 valence electrons. The number of carboxylic acid groups (broad SMARTS) is 1. The Labute approximate surface area is 136 Å². The van der Waals surface area contributed by atoms with Gasteiger partial charge in [0.1, 0.15) is 11.4 Å². The monoisotopic (exact) mass is 323 g/mol. The van der Waals surface area contributed by atoms with Crippen LogP contribution in [0.5, 0.6) is 5.75 Å². The van der Waals surface area contributed by atoms with Crippen LogP contribution in [0.15, 0.2) is 18.2 Å². The van der Waals surface area contributed by atoms with Gasteiger partial charge >= 0.3 is 12.1 Å². The molecule has 1 aromatic carbocycles. The summed E-state index contributed by atoms with van der Waals surface area (Å²) in [6.07, 6.45) is -0.666. The second kappa shape index (κ2) is 6.89. The zero-order valence-electron chi connectivity index (χ0n) is 14.5. The molecule has 6 nitrogen and oxygen atoms in total. The Bertz CT molecular complexity index is 587. The SMILES string of the molecule is COc1ccc(C(C)(C)CC(=O)O)c(NC(=O)OC(C)(C)C)c1. The molecule has 0 aromatic heterocycles. The number of carbonyl (C=O) groups is 2. The summed E-state index contributed by atoms with van der Waals surface area (Å²) in [5.41, 5.74) is -0.112. The van der Waals surface area contributed by atoms with E-state index in [2.05, 4.69) is 5.32 Å². The molecule has 0 saturated heterocycles. The number of methoxy groups -OCH3 is 1. The smallest absolute Gasteiger partial charge is 0.412 e. The summed E-state index contributed by atoms with van der Waals surface area (Å²) in [6, 6.07) is 5.15. The van der Waals surface area contributed by atoms with Crippen LogP contribution in [0.25, 0.3) is 0 Å². The van der Waals surface area contributed by atoms with Gasteiger partial charge in [0.25, 0.3) is 0 Å². The molecular formula is C17H25NO5. The molecule has 0 aliphatic carbocycles. The highest BCUT2D eigenvalue weighted by Gasteiger charge is 2.28. The zero-order valence-corrected chi connectivity index (χ0v) is 14.5. The van der Waals surface area contributed by atoms with E-state index >= 15 is 0 Å². The summed E-state index contributed by atoms with van der Waals surface area (Å²) in [4.78, 5) is 23.1. The van der Waals surface area contributed by atoms with Gasteiger partial charge in [-0.2, -0.15) is 0 Å². The quantitative estimate of drug-likeness (QED) is 0.861. The predicted octanol–water partition coefficient (Wildman–Crippen LogP) is 3.79. The molecule has 0 unspecified atom stereocenters. The Morgan fingerprint density at radius 3 is 2.26 bits per heavy atom. The van der Waals surface area contributed by atoms with Gasteiger partial charge in [-0.15, -0.1) is 0 Å². The summed E-state index contributed by atoms with van der Waals surface area (Å²) < 4.78 is 10.4. The lowest BCUT2D eigenvalue weighted by atomic mass is 9.80. The molecule has 0 aliphatic rings. The summed E-state index contributed by atoms with van der Waals surface area (Å²) in [5.74, 6) is -0.347. The fourth-order valence-corrected chi connectivity index (χ4v) is 2.23. The molecule has 0 aliphatic heterocycles. The van der Waals surface area contributed by atoms with Crippen LogP contribution in [0, 0.1) is 0 Å². The number of rotatable bonds is 5. The normalized spacial score (nSPS) is 11.7. The van der Waals surface area contributed by atoms with E-state index in [1.165, 1.54) is 7.11 Å². The number of carbonyl (C=O) groups excluding carboxylic acids is 1. The lowest BCUT2D eigenvalue weighted by Gasteiger charge is -2.27. The van der Waals surface area contributed by atoms with Crippen LogP contribution in [0.1, 0.15) is 46.6 Å². The Morgan fingerprint density at radius 1 is 1.17 bits per heavy atom. The van der Waals surface area contributed by atoms with Crippen LogP contribution in [0.2, 0.25) is 0 Å². The molecule has 2 N–H and O–H groups in total. The van der Waals surface area contributed by atoms with Crippen LogP contribution in [0.4, 0.5) is 10.5 Å². The third-order valence-corrected chi connectivity index (χ3v) is 3.18. The van der Waals surface area contributed by atoms with Crippen molar-refractivity contribution in [2.75, 3.05) is 12.4 Å². The molecule has 0 bridgehead atoms. The molecule has 0 heterocycles. The Hall–Kier alpha value is -2.24. The Kier molecular flexibility index (Phi) is 5.64. The lowest BCUT2D eigenvalue weighted by molar-refractivity contribution is -0.138. The minimum atomic E-state index is -0.908. The fourth-order valence-electron chi connectivity index (χ4n) is 2.23. The van der Waals surface area contributed by atoms with Gasteiger partial charge in [-0.1, -0.05) is 19.9 Å². The minimum absolute atomic E-state index is 0.0671. The van der Waals surface area contributed by atoms with Gasteiger partial charge in [-0.05, 0) is 32.4 Å². The molecule has 1 aromatic rings. The third kappa shape index (κ3) is 5.81. The van der Waals surface area contributed by atoms with Gasteiger partial charge < -0.3 is 14.6 Å². The van der Waals surface area contributed by atoms with E-state index in [0.29, 0.717) is 17.0 Å². The van der Waals surface area contributed by atoms with Gasteiger partial charge in [0, 0.05) is 11.5 Å². The number of nitrogens with one attached hydrogen (secondary N) is 1.